The molecule has 26 heavy (non-hydrogen) atoms. The average molecular weight is 350 g/mol. The molecule has 3 heterocycles. The molecule has 0 saturated carbocycles. The molecule has 0 aliphatic heterocycles. The van der Waals surface area contributed by atoms with E-state index in [1.54, 1.807) is 17.7 Å². The van der Waals surface area contributed by atoms with Crippen molar-refractivity contribution in [3.63, 3.8) is 0 Å². The summed E-state index contributed by atoms with van der Waals surface area (Å²) in [5.41, 5.74) is 3.35. The molecule has 7 nitrogen and oxygen atoms in total. The Labute approximate surface area is 149 Å². The zero-order chi connectivity index (χ0) is 18.3. The van der Waals surface area contributed by atoms with Gasteiger partial charge in [0.2, 0.25) is 5.69 Å². The first kappa shape index (κ1) is 16.0. The van der Waals surface area contributed by atoms with Gasteiger partial charge in [-0.2, -0.15) is 4.73 Å². The number of H-pyrrole nitrogens is 1. The predicted octanol–water partition coefficient (Wildman–Crippen LogP) is 2.12. The number of benzene rings is 1. The van der Waals surface area contributed by atoms with Crippen molar-refractivity contribution < 1.29 is 9.47 Å². The summed E-state index contributed by atoms with van der Waals surface area (Å²) in [5.74, 6) is 0.620. The van der Waals surface area contributed by atoms with Crippen molar-refractivity contribution in [1.29, 1.82) is 0 Å². The van der Waals surface area contributed by atoms with Crippen LogP contribution < -0.4 is 15.2 Å². The Morgan fingerprint density at radius 3 is 2.73 bits per heavy atom. The number of nitrogens with zero attached hydrogens (tertiary/aromatic N) is 3. The van der Waals surface area contributed by atoms with Crippen molar-refractivity contribution in [3.8, 4) is 11.4 Å². The van der Waals surface area contributed by atoms with Crippen LogP contribution in [0.4, 0.5) is 0 Å². The van der Waals surface area contributed by atoms with E-state index in [1.165, 1.54) is 6.20 Å². The van der Waals surface area contributed by atoms with Gasteiger partial charge in [-0.25, -0.2) is 4.79 Å². The number of methoxy groups -OCH3 is 1. The van der Waals surface area contributed by atoms with Gasteiger partial charge < -0.3 is 19.5 Å². The Kier molecular flexibility index (Phi) is 3.76. The van der Waals surface area contributed by atoms with Gasteiger partial charge in [-0.1, -0.05) is 0 Å². The van der Waals surface area contributed by atoms with E-state index in [4.69, 9.17) is 4.74 Å². The number of rotatable bonds is 4. The molecule has 7 heteroatoms. The molecule has 1 N–H and O–H groups in total. The Balaban J connectivity index is 1.81. The molecule has 0 atom stereocenters. The number of aromatic amines is 1. The highest BCUT2D eigenvalue weighted by Gasteiger charge is 2.18. The summed E-state index contributed by atoms with van der Waals surface area (Å²) < 4.78 is 9.59. The third-order valence-corrected chi connectivity index (χ3v) is 4.62. The second-order valence-corrected chi connectivity index (χ2v) is 6.09. The molecule has 0 spiro atoms. The monoisotopic (exact) mass is 350 g/mol. The molecule has 1 aromatic carbocycles. The Bertz CT molecular complexity index is 1140. The number of imidazole rings is 1. The fraction of sp³-hybridized carbons (Fsp3) is 0.158. The molecule has 0 bridgehead atoms. The second-order valence-electron chi connectivity index (χ2n) is 6.09. The lowest BCUT2D eigenvalue weighted by Gasteiger charge is -2.11. The van der Waals surface area contributed by atoms with Gasteiger partial charge in [0, 0.05) is 24.1 Å². The molecular formula is C19H18N4O3. The summed E-state index contributed by atoms with van der Waals surface area (Å²) in [5, 5.41) is 12.2. The third kappa shape index (κ3) is 2.54. The van der Waals surface area contributed by atoms with E-state index >= 15 is 0 Å². The van der Waals surface area contributed by atoms with Gasteiger partial charge in [0.05, 0.1) is 23.7 Å². The summed E-state index contributed by atoms with van der Waals surface area (Å²) >= 11 is 0. The fourth-order valence-corrected chi connectivity index (χ4v) is 3.19. The van der Waals surface area contributed by atoms with Crippen LogP contribution in [0, 0.1) is 12.1 Å². The van der Waals surface area contributed by atoms with Gasteiger partial charge in [0.25, 0.3) is 0 Å². The van der Waals surface area contributed by atoms with Gasteiger partial charge in [0.1, 0.15) is 12.3 Å². The highest BCUT2D eigenvalue weighted by molar-refractivity contribution is 5.77. The van der Waals surface area contributed by atoms with E-state index in [2.05, 4.69) is 4.98 Å². The molecule has 3 aromatic heterocycles. The van der Waals surface area contributed by atoms with Crippen LogP contribution in [-0.4, -0.2) is 21.2 Å². The second kappa shape index (κ2) is 6.11. The number of ether oxygens (including phenoxy) is 1. The zero-order valence-electron chi connectivity index (χ0n) is 14.5. The van der Waals surface area contributed by atoms with Gasteiger partial charge in [-0.05, 0) is 37.3 Å². The van der Waals surface area contributed by atoms with Crippen LogP contribution in [0.3, 0.4) is 0 Å². The lowest BCUT2D eigenvalue weighted by atomic mass is 10.2. The normalized spacial score (nSPS) is 11.2. The van der Waals surface area contributed by atoms with E-state index in [0.717, 1.165) is 27.0 Å². The molecule has 0 saturated heterocycles. The number of hydrogen-bond donors (Lipinski definition) is 1. The number of aromatic nitrogens is 4. The lowest BCUT2D eigenvalue weighted by molar-refractivity contribution is -0.614. The number of pyridine rings is 1. The standard InChI is InChI=1S/C19H18N4O3/c1-13-17(23(25)10-7-18(13)26-2)12-22-16-6-5-14(21-8-3-4-9-21)11-15(16)20-19(22)24/h3-11H,12H2,1-2H3,(H,20,24). The Morgan fingerprint density at radius 2 is 2.00 bits per heavy atom. The van der Waals surface area contributed by atoms with Crippen LogP contribution in [-0.2, 0) is 6.54 Å². The summed E-state index contributed by atoms with van der Waals surface area (Å²) in [4.78, 5) is 15.3. The van der Waals surface area contributed by atoms with Gasteiger partial charge in [-0.3, -0.25) is 4.57 Å². The van der Waals surface area contributed by atoms with Crippen LogP contribution in [0.15, 0.2) is 59.8 Å². The van der Waals surface area contributed by atoms with Crippen molar-refractivity contribution in [3.05, 3.63) is 81.9 Å². The van der Waals surface area contributed by atoms with Crippen molar-refractivity contribution in [1.82, 2.24) is 14.1 Å². The number of nitrogens with one attached hydrogen (secondary N) is 1. The molecule has 4 aromatic rings. The average Bonchev–Trinajstić information content (AvgIpc) is 3.26. The molecule has 0 amide bonds. The molecule has 4 rings (SSSR count). The van der Waals surface area contributed by atoms with Crippen molar-refractivity contribution in [2.45, 2.75) is 13.5 Å². The first-order chi connectivity index (χ1) is 12.6. The van der Waals surface area contributed by atoms with Crippen LogP contribution in [0.2, 0.25) is 0 Å². The summed E-state index contributed by atoms with van der Waals surface area (Å²) in [6.45, 7) is 1.97. The summed E-state index contributed by atoms with van der Waals surface area (Å²) in [7, 11) is 1.56. The van der Waals surface area contributed by atoms with E-state index in [0.29, 0.717) is 11.4 Å². The predicted molar refractivity (Wildman–Crippen MR) is 97.7 cm³/mol. The maximum Gasteiger partial charge on any atom is 0.326 e. The minimum Gasteiger partial charge on any atom is -0.618 e. The minimum atomic E-state index is -0.258. The van der Waals surface area contributed by atoms with E-state index in [-0.39, 0.29) is 12.2 Å². The maximum atomic E-state index is 12.5. The summed E-state index contributed by atoms with van der Waals surface area (Å²) in [6.07, 6.45) is 5.28. The van der Waals surface area contributed by atoms with Crippen molar-refractivity contribution >= 4 is 11.0 Å². The summed E-state index contributed by atoms with van der Waals surface area (Å²) in [6, 6.07) is 11.2. The van der Waals surface area contributed by atoms with Gasteiger partial charge >= 0.3 is 5.69 Å². The topological polar surface area (TPSA) is 78.9 Å². The largest absolute Gasteiger partial charge is 0.618 e. The smallest absolute Gasteiger partial charge is 0.326 e. The quantitative estimate of drug-likeness (QED) is 0.452. The molecule has 0 aliphatic carbocycles. The molecule has 0 aliphatic rings. The number of hydrogen-bond acceptors (Lipinski definition) is 3. The number of fused-ring (bicyclic) bond motifs is 1. The van der Waals surface area contributed by atoms with E-state index < -0.39 is 0 Å². The molecule has 0 radical (unpaired) electrons. The fourth-order valence-electron chi connectivity index (χ4n) is 3.19. The van der Waals surface area contributed by atoms with E-state index in [1.807, 2.05) is 54.2 Å². The van der Waals surface area contributed by atoms with Gasteiger partial charge in [0.15, 0.2) is 6.20 Å². The van der Waals surface area contributed by atoms with Crippen LogP contribution in [0.1, 0.15) is 11.3 Å². The molecular weight excluding hydrogens is 332 g/mol. The van der Waals surface area contributed by atoms with Crippen LogP contribution >= 0.6 is 0 Å². The molecule has 132 valence electrons. The van der Waals surface area contributed by atoms with Crippen molar-refractivity contribution in [2.24, 2.45) is 0 Å². The van der Waals surface area contributed by atoms with E-state index in [9.17, 15) is 10.0 Å². The Morgan fingerprint density at radius 1 is 1.23 bits per heavy atom. The first-order valence-corrected chi connectivity index (χ1v) is 8.20. The maximum absolute atomic E-state index is 12.5. The van der Waals surface area contributed by atoms with Gasteiger partial charge in [-0.15, -0.1) is 0 Å². The lowest BCUT2D eigenvalue weighted by Crippen LogP contribution is -2.35. The molecule has 0 fully saturated rings. The van der Waals surface area contributed by atoms with Crippen molar-refractivity contribution in [2.75, 3.05) is 7.11 Å². The van der Waals surface area contributed by atoms with Crippen LogP contribution in [0.5, 0.6) is 5.75 Å². The molecule has 0 unspecified atom stereocenters. The minimum absolute atomic E-state index is 0.161. The highest BCUT2D eigenvalue weighted by Crippen LogP contribution is 2.21. The zero-order valence-corrected chi connectivity index (χ0v) is 14.5. The SMILES string of the molecule is COc1cc[n+]([O-])c(Cn2c(=O)[nH]c3cc(-n4cccc4)ccc32)c1C. The first-order valence-electron chi connectivity index (χ1n) is 8.20. The van der Waals surface area contributed by atoms with Crippen LogP contribution in [0.25, 0.3) is 16.7 Å². The highest BCUT2D eigenvalue weighted by atomic mass is 16.5. The Hall–Kier alpha value is -3.48. The third-order valence-electron chi connectivity index (χ3n) is 4.62.